The van der Waals surface area contributed by atoms with Crippen LogP contribution in [0.15, 0.2) is 140 Å². The minimum absolute atomic E-state index is 0.00250. The molecule has 0 saturated heterocycles. The second kappa shape index (κ2) is 16.0. The Morgan fingerprint density at radius 1 is 0.764 bits per heavy atom. The number of ether oxygens (including phenoxy) is 2. The summed E-state index contributed by atoms with van der Waals surface area (Å²) >= 11 is 0. The van der Waals surface area contributed by atoms with Crippen LogP contribution < -0.4 is 9.47 Å². The van der Waals surface area contributed by atoms with E-state index in [1.807, 2.05) is 6.92 Å². The number of methoxy groups -OCH3 is 1. The van der Waals surface area contributed by atoms with Crippen LogP contribution in [0.2, 0.25) is 0 Å². The van der Waals surface area contributed by atoms with E-state index in [0.717, 1.165) is 25.0 Å². The molecule has 6 aromatic rings. The van der Waals surface area contributed by atoms with Gasteiger partial charge < -0.3 is 18.8 Å². The van der Waals surface area contributed by atoms with Crippen LogP contribution in [0.1, 0.15) is 47.0 Å². The Bertz CT molecular complexity index is 2490. The highest BCUT2D eigenvalue weighted by Gasteiger charge is 2.38. The van der Waals surface area contributed by atoms with Crippen molar-refractivity contribution < 1.29 is 48.7 Å². The molecule has 0 aliphatic heterocycles. The van der Waals surface area contributed by atoms with Crippen molar-refractivity contribution in [2.75, 3.05) is 13.7 Å². The van der Waals surface area contributed by atoms with Crippen molar-refractivity contribution in [2.24, 2.45) is 0 Å². The van der Waals surface area contributed by atoms with Crippen LogP contribution >= 0.6 is 0 Å². The summed E-state index contributed by atoms with van der Waals surface area (Å²) in [7, 11) is -7.32. The van der Waals surface area contributed by atoms with Gasteiger partial charge >= 0.3 is 6.18 Å². The number of carbonyl (C=O) groups excluding carboxylic acids is 1. The Labute approximate surface area is 316 Å². The van der Waals surface area contributed by atoms with Gasteiger partial charge in [0.1, 0.15) is 11.5 Å². The summed E-state index contributed by atoms with van der Waals surface area (Å²) in [6.45, 7) is 2.49. The third kappa shape index (κ3) is 8.68. The van der Waals surface area contributed by atoms with Crippen LogP contribution in [0.25, 0.3) is 11.0 Å². The molecule has 2 aromatic heterocycles. The smallest absolute Gasteiger partial charge is 0.417 e. The fourth-order valence-corrected chi connectivity index (χ4v) is 8.46. The van der Waals surface area contributed by atoms with Gasteiger partial charge in [0, 0.05) is 24.7 Å². The van der Waals surface area contributed by atoms with Gasteiger partial charge in [0.2, 0.25) is 19.7 Å². The van der Waals surface area contributed by atoms with E-state index in [4.69, 9.17) is 13.9 Å². The number of halogens is 3. The van der Waals surface area contributed by atoms with Gasteiger partial charge in [0.25, 0.3) is 5.91 Å². The zero-order valence-electron chi connectivity index (χ0n) is 29.6. The first-order valence-electron chi connectivity index (χ1n) is 17.0. The van der Waals surface area contributed by atoms with E-state index >= 15 is 0 Å². The van der Waals surface area contributed by atoms with E-state index in [-0.39, 0.29) is 39.3 Å². The van der Waals surface area contributed by atoms with Gasteiger partial charge in [-0.2, -0.15) is 13.2 Å². The lowest BCUT2D eigenvalue weighted by Crippen LogP contribution is -2.30. The van der Waals surface area contributed by atoms with Crippen molar-refractivity contribution in [3.05, 3.63) is 138 Å². The van der Waals surface area contributed by atoms with E-state index in [1.54, 1.807) is 42.6 Å². The number of benzene rings is 4. The molecule has 15 heteroatoms. The predicted molar refractivity (Wildman–Crippen MR) is 196 cm³/mol. The number of nitrogens with zero attached hydrogens (tertiary/aromatic N) is 2. The van der Waals surface area contributed by atoms with Crippen LogP contribution in [-0.4, -0.2) is 46.3 Å². The second-order valence-corrected chi connectivity index (χ2v) is 16.4. The Kier molecular flexibility index (Phi) is 11.3. The minimum Gasteiger partial charge on any atom is -0.497 e. The quantitative estimate of drug-likeness (QED) is 0.0996. The normalized spacial score (nSPS) is 12.1. The van der Waals surface area contributed by atoms with Crippen molar-refractivity contribution in [1.29, 1.82) is 0 Å². The lowest BCUT2D eigenvalue weighted by molar-refractivity contribution is -0.140. The highest BCUT2D eigenvalue weighted by molar-refractivity contribution is 7.91. The van der Waals surface area contributed by atoms with Crippen LogP contribution in [0.5, 0.6) is 11.5 Å². The Balaban J connectivity index is 1.26. The van der Waals surface area contributed by atoms with Crippen LogP contribution in [-0.2, 0) is 38.9 Å². The van der Waals surface area contributed by atoms with Crippen LogP contribution in [0.4, 0.5) is 13.2 Å². The first-order valence-corrected chi connectivity index (χ1v) is 20.0. The highest BCUT2D eigenvalue weighted by atomic mass is 32.2. The number of unbranched alkanes of at least 4 members (excludes halogenated alkanes) is 1. The first kappa shape index (κ1) is 39.0. The van der Waals surface area contributed by atoms with Gasteiger partial charge in [-0.25, -0.2) is 16.8 Å². The summed E-state index contributed by atoms with van der Waals surface area (Å²) in [6.07, 6.45) is -0.109. The molecular formula is C40H35F3N2O8S2. The molecule has 0 bridgehead atoms. The molecule has 0 atom stereocenters. The van der Waals surface area contributed by atoms with Crippen molar-refractivity contribution in [3.63, 3.8) is 0 Å². The molecule has 4 aromatic carbocycles. The van der Waals surface area contributed by atoms with Gasteiger partial charge in [-0.05, 0) is 96.4 Å². The second-order valence-electron chi connectivity index (χ2n) is 12.5. The van der Waals surface area contributed by atoms with Gasteiger partial charge in [0.15, 0.2) is 11.3 Å². The molecule has 0 N–H and O–H groups in total. The maximum atomic E-state index is 13.9. The lowest BCUT2D eigenvalue weighted by atomic mass is 10.1. The van der Waals surface area contributed by atoms with E-state index < -0.39 is 42.2 Å². The number of furan rings is 1. The number of carbonyl (C=O) groups is 1. The largest absolute Gasteiger partial charge is 0.497 e. The molecule has 0 unspecified atom stereocenters. The zero-order valence-corrected chi connectivity index (χ0v) is 31.2. The maximum Gasteiger partial charge on any atom is 0.417 e. The van der Waals surface area contributed by atoms with Gasteiger partial charge in [0.05, 0.1) is 45.1 Å². The monoisotopic (exact) mass is 792 g/mol. The van der Waals surface area contributed by atoms with Crippen molar-refractivity contribution in [2.45, 2.75) is 58.6 Å². The van der Waals surface area contributed by atoms with E-state index in [2.05, 4.69) is 4.98 Å². The standard InChI is InChI=1S/C40H35F3N2O8S2/c1-3-4-21-52-30-9-16-33(17-10-30)54(47,48)32-12-5-27(6-13-32)25-45(39(46)36-22-29-19-20-44-24-37(29)53-36)26-28-7-14-34(15-8-28)55(49,50)38-18-11-31(51-2)23-35(38)40(41,42)43/h5-20,22-24H,3-4,21,25-26H2,1-2H3. The zero-order chi connectivity index (χ0) is 39.4. The van der Waals surface area contributed by atoms with Crippen LogP contribution in [0.3, 0.4) is 0 Å². The van der Waals surface area contributed by atoms with Crippen molar-refractivity contribution >= 4 is 36.6 Å². The summed E-state index contributed by atoms with van der Waals surface area (Å²) in [5, 5.41) is 0.639. The van der Waals surface area contributed by atoms with Gasteiger partial charge in [-0.3, -0.25) is 9.78 Å². The molecule has 0 radical (unpaired) electrons. The SMILES string of the molecule is CCCCOc1ccc(S(=O)(=O)c2ccc(CN(Cc3ccc(S(=O)(=O)c4ccc(OC)cc4C(F)(F)F)cc3)C(=O)c3cc4ccncc4o3)cc2)cc1. The molecule has 0 aliphatic carbocycles. The van der Waals surface area contributed by atoms with E-state index in [9.17, 15) is 34.8 Å². The third-order valence-corrected chi connectivity index (χ3v) is 12.3. The summed E-state index contributed by atoms with van der Waals surface area (Å²) in [5.74, 6) is -0.111. The fourth-order valence-electron chi connectivity index (χ4n) is 5.74. The summed E-state index contributed by atoms with van der Waals surface area (Å²) in [4.78, 5) is 18.2. The molecule has 55 heavy (non-hydrogen) atoms. The summed E-state index contributed by atoms with van der Waals surface area (Å²) < 4.78 is 112. The van der Waals surface area contributed by atoms with E-state index in [0.29, 0.717) is 40.5 Å². The number of hydrogen-bond donors (Lipinski definition) is 0. The number of aromatic nitrogens is 1. The molecule has 286 valence electrons. The Hall–Kier alpha value is -5.67. The first-order chi connectivity index (χ1) is 26.2. The molecular weight excluding hydrogens is 758 g/mol. The number of sulfone groups is 2. The predicted octanol–water partition coefficient (Wildman–Crippen LogP) is 8.54. The number of amides is 1. The summed E-state index contributed by atoms with van der Waals surface area (Å²) in [6, 6.07) is 23.3. The number of rotatable bonds is 14. The maximum absolute atomic E-state index is 13.9. The molecule has 10 nitrogen and oxygen atoms in total. The molecule has 0 fully saturated rings. The average molecular weight is 793 g/mol. The minimum atomic E-state index is -4.97. The molecule has 1 amide bonds. The number of hydrogen-bond acceptors (Lipinski definition) is 9. The average Bonchev–Trinajstić information content (AvgIpc) is 3.62. The van der Waals surface area contributed by atoms with Gasteiger partial charge in [-0.1, -0.05) is 37.6 Å². The number of pyridine rings is 1. The number of alkyl halides is 3. The van der Waals surface area contributed by atoms with Crippen molar-refractivity contribution in [3.8, 4) is 11.5 Å². The molecule has 0 saturated carbocycles. The summed E-state index contributed by atoms with van der Waals surface area (Å²) in [5.41, 5.74) is 0.0467. The van der Waals surface area contributed by atoms with Crippen LogP contribution in [0, 0.1) is 0 Å². The van der Waals surface area contributed by atoms with Gasteiger partial charge in [-0.15, -0.1) is 0 Å². The molecule has 2 heterocycles. The molecule has 6 rings (SSSR count). The lowest BCUT2D eigenvalue weighted by Gasteiger charge is -2.22. The Morgan fingerprint density at radius 3 is 1.87 bits per heavy atom. The Morgan fingerprint density at radius 2 is 1.33 bits per heavy atom. The topological polar surface area (TPSA) is 133 Å². The molecule has 0 spiro atoms. The van der Waals surface area contributed by atoms with Crippen molar-refractivity contribution in [1.82, 2.24) is 9.88 Å². The third-order valence-electron chi connectivity index (χ3n) is 8.72. The van der Waals surface area contributed by atoms with E-state index in [1.165, 1.54) is 66.7 Å². The molecule has 0 aliphatic rings. The fraction of sp³-hybridized carbons (Fsp3) is 0.200. The number of fused-ring (bicyclic) bond motifs is 1. The highest BCUT2D eigenvalue weighted by Crippen LogP contribution is 2.38.